The Morgan fingerprint density at radius 3 is 2.54 bits per heavy atom. The van der Waals surface area contributed by atoms with Gasteiger partial charge in [0.15, 0.2) is 0 Å². The predicted octanol–water partition coefficient (Wildman–Crippen LogP) is 3.46. The fraction of sp³-hybridized carbons (Fsp3) is 0.222. The number of benzene rings is 1. The molecule has 126 valence electrons. The lowest BCUT2D eigenvalue weighted by molar-refractivity contribution is -0.111. The van der Waals surface area contributed by atoms with E-state index in [9.17, 15) is 9.59 Å². The average Bonchev–Trinajstić information content (AvgIpc) is 2.98. The van der Waals surface area contributed by atoms with E-state index in [2.05, 4.69) is 5.32 Å². The smallest absolute Gasteiger partial charge is 0.251 e. The van der Waals surface area contributed by atoms with Crippen molar-refractivity contribution in [3.63, 3.8) is 0 Å². The van der Waals surface area contributed by atoms with Crippen molar-refractivity contribution in [1.29, 1.82) is 0 Å². The minimum absolute atomic E-state index is 0.309. The van der Waals surface area contributed by atoms with E-state index in [4.69, 9.17) is 10.5 Å². The largest absolute Gasteiger partial charge is 0.494 e. The Bertz CT molecular complexity index is 748. The highest BCUT2D eigenvalue weighted by Crippen LogP contribution is 2.28. The van der Waals surface area contributed by atoms with E-state index in [1.54, 1.807) is 12.1 Å². The normalized spacial score (nSPS) is 10.8. The molecule has 0 radical (unpaired) electrons. The number of hydrogen-bond donors (Lipinski definition) is 2. The van der Waals surface area contributed by atoms with Crippen LogP contribution in [0.4, 0.5) is 5.00 Å². The summed E-state index contributed by atoms with van der Waals surface area (Å²) in [5.41, 5.74) is 6.57. The highest BCUT2D eigenvalue weighted by molar-refractivity contribution is 7.16. The Morgan fingerprint density at radius 2 is 1.96 bits per heavy atom. The maximum absolute atomic E-state index is 12.1. The molecule has 6 heteroatoms. The number of ether oxygens (including phenoxy) is 1. The first-order valence-electron chi connectivity index (χ1n) is 7.68. The molecule has 24 heavy (non-hydrogen) atoms. The molecule has 0 unspecified atom stereocenters. The van der Waals surface area contributed by atoms with E-state index >= 15 is 0 Å². The second-order valence-electron chi connectivity index (χ2n) is 5.00. The molecule has 2 amide bonds. The number of hydrogen-bond acceptors (Lipinski definition) is 4. The molecule has 5 nitrogen and oxygen atoms in total. The van der Waals surface area contributed by atoms with Crippen molar-refractivity contribution < 1.29 is 14.3 Å². The minimum atomic E-state index is -0.545. The Kier molecular flexibility index (Phi) is 6.14. The lowest BCUT2D eigenvalue weighted by atomic mass is 10.2. The fourth-order valence-electron chi connectivity index (χ4n) is 2.06. The number of anilines is 1. The van der Waals surface area contributed by atoms with Gasteiger partial charge in [0.25, 0.3) is 5.91 Å². The highest BCUT2D eigenvalue weighted by atomic mass is 32.1. The Balaban J connectivity index is 2.05. The van der Waals surface area contributed by atoms with Crippen LogP contribution in [0.25, 0.3) is 6.08 Å². The van der Waals surface area contributed by atoms with Crippen LogP contribution in [0.5, 0.6) is 5.75 Å². The first-order chi connectivity index (χ1) is 11.5. The van der Waals surface area contributed by atoms with E-state index in [-0.39, 0.29) is 5.91 Å². The van der Waals surface area contributed by atoms with Gasteiger partial charge in [-0.1, -0.05) is 19.1 Å². The quantitative estimate of drug-likeness (QED) is 0.755. The van der Waals surface area contributed by atoms with E-state index < -0.39 is 5.91 Å². The molecule has 0 aliphatic heterocycles. The number of aryl methyl sites for hydroxylation is 1. The minimum Gasteiger partial charge on any atom is -0.494 e. The molecule has 0 saturated heterocycles. The summed E-state index contributed by atoms with van der Waals surface area (Å²) in [7, 11) is 0. The third-order valence-corrected chi connectivity index (χ3v) is 4.45. The van der Waals surface area contributed by atoms with Crippen LogP contribution >= 0.6 is 11.3 Å². The summed E-state index contributed by atoms with van der Waals surface area (Å²) < 4.78 is 5.37. The first kappa shape index (κ1) is 17.7. The Labute approximate surface area is 145 Å². The van der Waals surface area contributed by atoms with Crippen LogP contribution < -0.4 is 15.8 Å². The van der Waals surface area contributed by atoms with Crippen LogP contribution in [-0.2, 0) is 11.2 Å². The van der Waals surface area contributed by atoms with Crippen LogP contribution in [0.2, 0.25) is 0 Å². The molecule has 0 aliphatic rings. The number of nitrogens with two attached hydrogens (primary N) is 1. The average molecular weight is 344 g/mol. The summed E-state index contributed by atoms with van der Waals surface area (Å²) in [5.74, 6) is -0.0662. The summed E-state index contributed by atoms with van der Waals surface area (Å²) in [6.45, 7) is 4.52. The molecule has 0 aliphatic carbocycles. The number of primary amides is 1. The number of carbonyl (C=O) groups excluding carboxylic acids is 2. The predicted molar refractivity (Wildman–Crippen MR) is 97.5 cm³/mol. The second-order valence-corrected chi connectivity index (χ2v) is 6.13. The first-order valence-corrected chi connectivity index (χ1v) is 8.49. The molecular formula is C18H20N2O3S. The van der Waals surface area contributed by atoms with Gasteiger partial charge in [0.05, 0.1) is 12.2 Å². The number of rotatable bonds is 7. The molecule has 3 N–H and O–H groups in total. The molecule has 1 aromatic heterocycles. The maximum Gasteiger partial charge on any atom is 0.251 e. The third-order valence-electron chi connectivity index (χ3n) is 3.25. The molecular weight excluding hydrogens is 324 g/mol. The zero-order chi connectivity index (χ0) is 17.5. The molecule has 0 bridgehead atoms. The number of thiophene rings is 1. The highest BCUT2D eigenvalue weighted by Gasteiger charge is 2.14. The standard InChI is InChI=1S/C18H20N2O3S/c1-3-14-11-15(17(19)22)18(24-14)20-16(21)10-7-12-5-8-13(9-6-12)23-4-2/h5-11H,3-4H2,1-2H3,(H2,19,22)(H,20,21)/b10-7+. The van der Waals surface area contributed by atoms with Crippen molar-refractivity contribution in [2.75, 3.05) is 11.9 Å². The van der Waals surface area contributed by atoms with Gasteiger partial charge in [0.1, 0.15) is 10.8 Å². The van der Waals surface area contributed by atoms with Crippen molar-refractivity contribution in [3.8, 4) is 5.75 Å². The number of amides is 2. The van der Waals surface area contributed by atoms with Gasteiger partial charge in [0.2, 0.25) is 5.91 Å². The monoisotopic (exact) mass is 344 g/mol. The van der Waals surface area contributed by atoms with Crippen molar-refractivity contribution in [2.24, 2.45) is 5.73 Å². The van der Waals surface area contributed by atoms with E-state index in [1.807, 2.05) is 38.1 Å². The molecule has 0 atom stereocenters. The van der Waals surface area contributed by atoms with Crippen LogP contribution in [0.3, 0.4) is 0 Å². The molecule has 0 saturated carbocycles. The van der Waals surface area contributed by atoms with Crippen molar-refractivity contribution in [2.45, 2.75) is 20.3 Å². The lowest BCUT2D eigenvalue weighted by Gasteiger charge is -2.03. The van der Waals surface area contributed by atoms with Gasteiger partial charge in [-0.2, -0.15) is 0 Å². The third kappa shape index (κ3) is 4.70. The maximum atomic E-state index is 12.1. The summed E-state index contributed by atoms with van der Waals surface area (Å²) in [4.78, 5) is 24.5. The van der Waals surface area contributed by atoms with E-state index in [0.717, 1.165) is 22.6 Å². The Hall–Kier alpha value is -2.60. The topological polar surface area (TPSA) is 81.4 Å². The van der Waals surface area contributed by atoms with Gasteiger partial charge in [-0.05, 0) is 43.2 Å². The van der Waals surface area contributed by atoms with Crippen molar-refractivity contribution in [1.82, 2.24) is 0 Å². The molecule has 2 rings (SSSR count). The van der Waals surface area contributed by atoms with Crippen LogP contribution in [-0.4, -0.2) is 18.4 Å². The zero-order valence-corrected chi connectivity index (χ0v) is 14.5. The van der Waals surface area contributed by atoms with Crippen molar-refractivity contribution >= 4 is 34.2 Å². The van der Waals surface area contributed by atoms with Gasteiger partial charge in [-0.15, -0.1) is 11.3 Å². The van der Waals surface area contributed by atoms with Crippen molar-refractivity contribution in [3.05, 3.63) is 52.4 Å². The molecule has 2 aromatic rings. The van der Waals surface area contributed by atoms with Gasteiger partial charge >= 0.3 is 0 Å². The van der Waals surface area contributed by atoms with Gasteiger partial charge < -0.3 is 15.8 Å². The zero-order valence-electron chi connectivity index (χ0n) is 13.7. The van der Waals surface area contributed by atoms with Crippen LogP contribution in [0.15, 0.2) is 36.4 Å². The molecule has 0 fully saturated rings. The van der Waals surface area contributed by atoms with Gasteiger partial charge in [-0.3, -0.25) is 9.59 Å². The van der Waals surface area contributed by atoms with E-state index in [1.165, 1.54) is 17.4 Å². The SMILES string of the molecule is CCOc1ccc(/C=C/C(=O)Nc2sc(CC)cc2C(N)=O)cc1. The van der Waals surface area contributed by atoms with Gasteiger partial charge in [-0.25, -0.2) is 0 Å². The summed E-state index contributed by atoms with van der Waals surface area (Å²) in [5, 5.41) is 3.20. The molecule has 1 aromatic carbocycles. The fourth-order valence-corrected chi connectivity index (χ4v) is 3.06. The molecule has 0 spiro atoms. The van der Waals surface area contributed by atoms with Gasteiger partial charge in [0, 0.05) is 11.0 Å². The molecule has 1 heterocycles. The summed E-state index contributed by atoms with van der Waals surface area (Å²) in [6.07, 6.45) is 3.90. The Morgan fingerprint density at radius 1 is 1.25 bits per heavy atom. The number of nitrogens with one attached hydrogen (secondary N) is 1. The summed E-state index contributed by atoms with van der Waals surface area (Å²) >= 11 is 1.36. The summed E-state index contributed by atoms with van der Waals surface area (Å²) in [6, 6.07) is 9.14. The number of carbonyl (C=O) groups is 2. The van der Waals surface area contributed by atoms with E-state index in [0.29, 0.717) is 17.2 Å². The second kappa shape index (κ2) is 8.31. The van der Waals surface area contributed by atoms with Crippen LogP contribution in [0, 0.1) is 0 Å². The lowest BCUT2D eigenvalue weighted by Crippen LogP contribution is -2.14. The van der Waals surface area contributed by atoms with Crippen LogP contribution in [0.1, 0.15) is 34.6 Å².